The number of hydrogen-bond donors (Lipinski definition) is 1. The van der Waals surface area contributed by atoms with Crippen LogP contribution in [0.3, 0.4) is 0 Å². The zero-order valence-electron chi connectivity index (χ0n) is 23.4. The fourth-order valence-corrected chi connectivity index (χ4v) is 8.36. The highest BCUT2D eigenvalue weighted by molar-refractivity contribution is 8.00. The first kappa shape index (κ1) is 29.0. The van der Waals surface area contributed by atoms with E-state index < -0.39 is 23.0 Å². The number of thiazole rings is 1. The molecular formula is C31H27ClN4O5S2. The van der Waals surface area contributed by atoms with E-state index in [1.807, 2.05) is 43.3 Å². The van der Waals surface area contributed by atoms with Gasteiger partial charge in [-0.15, -0.1) is 0 Å². The molecule has 3 atom stereocenters. The molecule has 0 aliphatic carbocycles. The molecule has 3 amide bonds. The van der Waals surface area contributed by atoms with Gasteiger partial charge in [-0.25, -0.2) is 4.90 Å². The number of anilines is 3. The van der Waals surface area contributed by atoms with Crippen molar-refractivity contribution in [3.05, 3.63) is 97.9 Å². The van der Waals surface area contributed by atoms with Crippen molar-refractivity contribution in [3.63, 3.8) is 0 Å². The molecule has 2 aliphatic rings. The van der Waals surface area contributed by atoms with Gasteiger partial charge in [-0.05, 0) is 66.2 Å². The summed E-state index contributed by atoms with van der Waals surface area (Å²) in [4.78, 5) is 57.9. The number of thioether (sulfide) groups is 1. The Morgan fingerprint density at radius 3 is 2.26 bits per heavy atom. The van der Waals surface area contributed by atoms with Crippen LogP contribution in [0.4, 0.5) is 17.1 Å². The number of nitrogens with one attached hydrogen (secondary N) is 1. The molecule has 6 rings (SSSR count). The summed E-state index contributed by atoms with van der Waals surface area (Å²) in [5.41, 5.74) is 2.79. The summed E-state index contributed by atoms with van der Waals surface area (Å²) in [5.74, 6) is -1.75. The van der Waals surface area contributed by atoms with Gasteiger partial charge in [-0.3, -0.25) is 23.7 Å². The smallest absolute Gasteiger partial charge is 0.308 e. The molecule has 9 nitrogen and oxygen atoms in total. The normalized spacial score (nSPS) is 19.2. The van der Waals surface area contributed by atoms with Gasteiger partial charge >= 0.3 is 4.87 Å². The van der Waals surface area contributed by atoms with E-state index in [2.05, 4.69) is 5.32 Å². The number of aromatic nitrogens is 1. The zero-order valence-corrected chi connectivity index (χ0v) is 25.8. The van der Waals surface area contributed by atoms with Crippen molar-refractivity contribution >= 4 is 69.5 Å². The van der Waals surface area contributed by atoms with Gasteiger partial charge in [0.25, 0.3) is 0 Å². The number of benzene rings is 3. The Morgan fingerprint density at radius 2 is 1.63 bits per heavy atom. The number of carbonyl (C=O) groups excluding carboxylic acids is 3. The Bertz CT molecular complexity index is 1770. The fourth-order valence-electron chi connectivity index (χ4n) is 5.46. The Morgan fingerprint density at radius 1 is 0.953 bits per heavy atom. The highest BCUT2D eigenvalue weighted by atomic mass is 35.5. The minimum absolute atomic E-state index is 0.242. The predicted octanol–water partition coefficient (Wildman–Crippen LogP) is 5.07. The summed E-state index contributed by atoms with van der Waals surface area (Å²) < 4.78 is 6.65. The molecule has 1 aromatic heterocycles. The van der Waals surface area contributed by atoms with Gasteiger partial charge in [-0.2, -0.15) is 0 Å². The lowest BCUT2D eigenvalue weighted by Gasteiger charge is -2.31. The average Bonchev–Trinajstić information content (AvgIpc) is 3.44. The van der Waals surface area contributed by atoms with Crippen molar-refractivity contribution in [2.24, 2.45) is 5.92 Å². The van der Waals surface area contributed by atoms with Crippen LogP contribution in [0.1, 0.15) is 16.4 Å². The van der Waals surface area contributed by atoms with Crippen LogP contribution >= 0.6 is 34.7 Å². The van der Waals surface area contributed by atoms with Crippen LogP contribution in [0.15, 0.2) is 82.6 Å². The maximum absolute atomic E-state index is 14.1. The number of ether oxygens (including phenoxy) is 1. The van der Waals surface area contributed by atoms with Gasteiger partial charge in [0.05, 0.1) is 23.7 Å². The number of halogens is 1. The molecule has 1 saturated heterocycles. The van der Waals surface area contributed by atoms with Crippen molar-refractivity contribution in [1.82, 2.24) is 4.57 Å². The van der Waals surface area contributed by atoms with Crippen LogP contribution in [-0.4, -0.2) is 48.7 Å². The molecule has 0 bridgehead atoms. The Hall–Kier alpha value is -4.06. The summed E-state index contributed by atoms with van der Waals surface area (Å²) in [7, 11) is 5.42. The number of amides is 3. The number of hydrogen-bond acceptors (Lipinski definition) is 8. The van der Waals surface area contributed by atoms with E-state index in [-0.39, 0.29) is 23.2 Å². The molecule has 2 aliphatic heterocycles. The van der Waals surface area contributed by atoms with Crippen LogP contribution in [0.2, 0.25) is 5.02 Å². The molecule has 0 unspecified atom stereocenters. The first-order valence-electron chi connectivity index (χ1n) is 13.4. The van der Waals surface area contributed by atoms with Crippen LogP contribution < -0.4 is 24.7 Å². The number of nitrogens with zero attached hydrogens (tertiary/aromatic N) is 3. The van der Waals surface area contributed by atoms with E-state index in [0.29, 0.717) is 32.1 Å². The van der Waals surface area contributed by atoms with E-state index in [0.717, 1.165) is 22.6 Å². The maximum atomic E-state index is 14.1. The molecule has 220 valence electrons. The minimum atomic E-state index is -0.778. The maximum Gasteiger partial charge on any atom is 0.308 e. The lowest BCUT2D eigenvalue weighted by Crippen LogP contribution is -2.33. The summed E-state index contributed by atoms with van der Waals surface area (Å²) in [6, 6.07) is 21.2. The van der Waals surface area contributed by atoms with Gasteiger partial charge in [0.15, 0.2) is 0 Å². The van der Waals surface area contributed by atoms with Crippen LogP contribution in [0.5, 0.6) is 5.75 Å². The molecule has 0 spiro atoms. The third kappa shape index (κ3) is 5.32. The van der Waals surface area contributed by atoms with Crippen molar-refractivity contribution < 1.29 is 19.1 Å². The van der Waals surface area contributed by atoms with E-state index in [9.17, 15) is 19.2 Å². The minimum Gasteiger partial charge on any atom is -0.497 e. The fraction of sp³-hybridized carbons (Fsp3) is 0.226. The molecule has 3 heterocycles. The van der Waals surface area contributed by atoms with Crippen molar-refractivity contribution in [2.75, 3.05) is 36.3 Å². The second kappa shape index (κ2) is 11.6. The summed E-state index contributed by atoms with van der Waals surface area (Å²) >= 11 is 8.15. The third-order valence-corrected chi connectivity index (χ3v) is 10.4. The SMILES string of the molecule is COc1ccc(N2C(=O)[C@H]3[C@H](c4ccc(N(C)C)cc4)c4sc(=O)n(CC(=O)Nc5ccc(Cl)cc5)c4S[C@H]3C2=O)cc1. The number of carbonyl (C=O) groups is 3. The molecule has 4 aromatic rings. The molecule has 1 fully saturated rings. The summed E-state index contributed by atoms with van der Waals surface area (Å²) in [6.07, 6.45) is 0. The number of rotatable bonds is 7. The van der Waals surface area contributed by atoms with Gasteiger partial charge in [-0.1, -0.05) is 46.8 Å². The van der Waals surface area contributed by atoms with E-state index in [1.54, 1.807) is 55.6 Å². The van der Waals surface area contributed by atoms with E-state index >= 15 is 0 Å². The quantitative estimate of drug-likeness (QED) is 0.283. The molecule has 3 aromatic carbocycles. The summed E-state index contributed by atoms with van der Waals surface area (Å²) in [6.45, 7) is -0.242. The summed E-state index contributed by atoms with van der Waals surface area (Å²) in [5, 5.41) is 3.09. The zero-order chi connectivity index (χ0) is 30.4. The average molecular weight is 635 g/mol. The van der Waals surface area contributed by atoms with Crippen LogP contribution in [0, 0.1) is 5.92 Å². The molecule has 0 radical (unpaired) electrons. The molecule has 1 N–H and O–H groups in total. The number of fused-ring (bicyclic) bond motifs is 2. The Balaban J connectivity index is 1.40. The highest BCUT2D eigenvalue weighted by Gasteiger charge is 2.56. The predicted molar refractivity (Wildman–Crippen MR) is 170 cm³/mol. The van der Waals surface area contributed by atoms with Crippen LogP contribution in [-0.2, 0) is 20.9 Å². The standard InChI is InChI=1S/C31H27ClN4O5S2/c1-34(2)20-10-4-17(5-11-20)24-25-26(29(39)36(28(25)38)21-12-14-22(41-3)15-13-21)42-30-27(24)43-31(40)35(30)16-23(37)33-19-8-6-18(32)7-9-19/h4-15,24-26H,16H2,1-3H3,(H,33,37)/t24-,25-,26+/m0/s1. The van der Waals surface area contributed by atoms with E-state index in [4.69, 9.17) is 16.3 Å². The van der Waals surface area contributed by atoms with Gasteiger partial charge in [0, 0.05) is 41.3 Å². The highest BCUT2D eigenvalue weighted by Crippen LogP contribution is 2.54. The second-order valence-electron chi connectivity index (χ2n) is 10.4. The first-order chi connectivity index (χ1) is 20.7. The van der Waals surface area contributed by atoms with E-state index in [1.165, 1.54) is 21.2 Å². The monoisotopic (exact) mass is 634 g/mol. The van der Waals surface area contributed by atoms with Crippen molar-refractivity contribution in [1.29, 1.82) is 0 Å². The first-order valence-corrected chi connectivity index (χ1v) is 15.5. The molecule has 43 heavy (non-hydrogen) atoms. The van der Waals surface area contributed by atoms with Crippen LogP contribution in [0.25, 0.3) is 0 Å². The second-order valence-corrected chi connectivity index (χ2v) is 13.0. The molecular weight excluding hydrogens is 608 g/mol. The van der Waals surface area contributed by atoms with Crippen molar-refractivity contribution in [2.45, 2.75) is 22.7 Å². The Labute approximate surface area is 261 Å². The van der Waals surface area contributed by atoms with Gasteiger partial charge < -0.3 is 15.0 Å². The third-order valence-electron chi connectivity index (χ3n) is 7.58. The van der Waals surface area contributed by atoms with Gasteiger partial charge in [0.2, 0.25) is 17.7 Å². The largest absolute Gasteiger partial charge is 0.497 e. The Kier molecular flexibility index (Phi) is 7.80. The molecule has 0 saturated carbocycles. The topological polar surface area (TPSA) is 101 Å². The van der Waals surface area contributed by atoms with Gasteiger partial charge in [0.1, 0.15) is 17.5 Å². The number of imide groups is 1. The lowest BCUT2D eigenvalue weighted by atomic mass is 9.83. The van der Waals surface area contributed by atoms with Crippen molar-refractivity contribution in [3.8, 4) is 5.75 Å². The number of methoxy groups -OCH3 is 1. The molecule has 12 heteroatoms. The lowest BCUT2D eigenvalue weighted by molar-refractivity contribution is -0.122.